The molecular weight excluding hydrogens is 573 g/mol. The highest BCUT2D eigenvalue weighted by atomic mass is 127. The van der Waals surface area contributed by atoms with Crippen LogP contribution in [0.3, 0.4) is 0 Å². The van der Waals surface area contributed by atoms with Crippen molar-refractivity contribution in [1.29, 1.82) is 0 Å². The lowest BCUT2D eigenvalue weighted by Gasteiger charge is -2.17. The van der Waals surface area contributed by atoms with Crippen LogP contribution in [0.2, 0.25) is 0 Å². The summed E-state index contributed by atoms with van der Waals surface area (Å²) in [4.78, 5) is 17.8. The van der Waals surface area contributed by atoms with E-state index in [1.54, 1.807) is 19.4 Å². The maximum absolute atomic E-state index is 13.1. The van der Waals surface area contributed by atoms with Gasteiger partial charge in [-0.05, 0) is 78.3 Å². The second-order valence-corrected chi connectivity index (χ2v) is 9.25. The Morgan fingerprint density at radius 2 is 2.06 bits per heavy atom. The van der Waals surface area contributed by atoms with Crippen LogP contribution in [-0.2, 0) is 6.42 Å². The van der Waals surface area contributed by atoms with E-state index in [0.717, 1.165) is 32.2 Å². The van der Waals surface area contributed by atoms with Crippen LogP contribution in [-0.4, -0.2) is 29.1 Å². The van der Waals surface area contributed by atoms with Crippen molar-refractivity contribution >= 4 is 55.6 Å². The van der Waals surface area contributed by atoms with Gasteiger partial charge in [-0.25, -0.2) is 4.98 Å². The van der Waals surface area contributed by atoms with E-state index in [4.69, 9.17) is 9.47 Å². The van der Waals surface area contributed by atoms with Crippen molar-refractivity contribution in [2.45, 2.75) is 46.1 Å². The molecule has 0 radical (unpaired) electrons. The summed E-state index contributed by atoms with van der Waals surface area (Å²) in [5, 5.41) is 5.02. The van der Waals surface area contributed by atoms with Gasteiger partial charge in [-0.1, -0.05) is 29.8 Å². The fraction of sp³-hybridized carbons (Fsp3) is 0.348. The maximum Gasteiger partial charge on any atom is 0.282 e. The van der Waals surface area contributed by atoms with Crippen LogP contribution in [0, 0.1) is 3.57 Å². The van der Waals surface area contributed by atoms with Crippen LogP contribution >= 0.6 is 38.5 Å². The topological polar surface area (TPSA) is 65.7 Å². The monoisotopic (exact) mass is 597 g/mol. The van der Waals surface area contributed by atoms with Crippen LogP contribution in [0.15, 0.2) is 44.7 Å². The lowest BCUT2D eigenvalue weighted by Crippen LogP contribution is -2.22. The molecule has 8 heteroatoms. The number of nitrogens with zero attached hydrogens (tertiary/aromatic N) is 3. The molecule has 3 aromatic rings. The van der Waals surface area contributed by atoms with E-state index in [0.29, 0.717) is 28.9 Å². The Morgan fingerprint density at radius 1 is 1.29 bits per heavy atom. The average Bonchev–Trinajstić information content (AvgIpc) is 2.75. The van der Waals surface area contributed by atoms with Crippen LogP contribution in [0.25, 0.3) is 10.9 Å². The molecular formula is C23H25BrIN3O3. The summed E-state index contributed by atoms with van der Waals surface area (Å²) in [6.07, 6.45) is 4.15. The van der Waals surface area contributed by atoms with E-state index in [1.165, 1.54) is 4.68 Å². The number of hydrogen-bond donors (Lipinski definition) is 0. The van der Waals surface area contributed by atoms with E-state index in [1.807, 2.05) is 31.2 Å². The van der Waals surface area contributed by atoms with Crippen LogP contribution in [0.1, 0.15) is 45.0 Å². The van der Waals surface area contributed by atoms with Gasteiger partial charge < -0.3 is 9.47 Å². The number of methoxy groups -OCH3 is 1. The predicted octanol–water partition coefficient (Wildman–Crippen LogP) is 5.78. The minimum Gasteiger partial charge on any atom is -0.493 e. The molecule has 0 spiro atoms. The summed E-state index contributed by atoms with van der Waals surface area (Å²) < 4.78 is 14.7. The number of ether oxygens (including phenoxy) is 2. The molecule has 0 fully saturated rings. The molecule has 6 nitrogen and oxygen atoms in total. The zero-order valence-electron chi connectivity index (χ0n) is 18.0. The van der Waals surface area contributed by atoms with E-state index >= 15 is 0 Å². The molecule has 1 heterocycles. The van der Waals surface area contributed by atoms with Gasteiger partial charge in [-0.2, -0.15) is 9.78 Å². The minimum absolute atomic E-state index is 0.0834. The molecule has 0 aliphatic heterocycles. The molecule has 31 heavy (non-hydrogen) atoms. The molecule has 0 bridgehead atoms. The summed E-state index contributed by atoms with van der Waals surface area (Å²) in [5.74, 6) is 1.99. The average molecular weight is 598 g/mol. The summed E-state index contributed by atoms with van der Waals surface area (Å²) >= 11 is 5.66. The summed E-state index contributed by atoms with van der Waals surface area (Å²) in [5.41, 5.74) is 1.29. The smallest absolute Gasteiger partial charge is 0.282 e. The number of aryl methyl sites for hydroxylation is 1. The number of benzene rings is 2. The second kappa shape index (κ2) is 10.6. The predicted molar refractivity (Wildman–Crippen MR) is 137 cm³/mol. The highest BCUT2D eigenvalue weighted by Crippen LogP contribution is 2.34. The molecule has 0 saturated carbocycles. The number of halogens is 2. The standard InChI is InChI=1S/C23H25BrIN3O3/c1-5-7-21-27-19-9-8-16(24)12-17(19)23(29)28(21)26-13-15-10-18(25)22(20(11-15)30-4)31-14(3)6-2/h8-14H,5-7H2,1-4H3/t14-/m1/s1. The van der Waals surface area contributed by atoms with Gasteiger partial charge in [0.05, 0.1) is 33.9 Å². The number of fused-ring (bicyclic) bond motifs is 1. The Kier molecular flexibility index (Phi) is 8.10. The number of aromatic nitrogens is 2. The van der Waals surface area contributed by atoms with Crippen molar-refractivity contribution < 1.29 is 9.47 Å². The lowest BCUT2D eigenvalue weighted by molar-refractivity contribution is 0.206. The first kappa shape index (κ1) is 23.7. The SMILES string of the molecule is CCCc1nc2ccc(Br)cc2c(=O)n1N=Cc1cc(I)c(O[C@H](C)CC)c(OC)c1. The third-order valence-electron chi connectivity index (χ3n) is 4.82. The Morgan fingerprint density at radius 3 is 2.74 bits per heavy atom. The van der Waals surface area contributed by atoms with Gasteiger partial charge in [-0.3, -0.25) is 4.79 Å². The highest BCUT2D eigenvalue weighted by molar-refractivity contribution is 14.1. The molecule has 2 aromatic carbocycles. The van der Waals surface area contributed by atoms with Gasteiger partial charge in [0.2, 0.25) is 0 Å². The Bertz CT molecular complexity index is 1180. The van der Waals surface area contributed by atoms with Gasteiger partial charge in [0, 0.05) is 10.9 Å². The van der Waals surface area contributed by atoms with Crippen molar-refractivity contribution in [3.63, 3.8) is 0 Å². The molecule has 164 valence electrons. The first-order valence-corrected chi connectivity index (χ1v) is 12.0. The molecule has 3 rings (SSSR count). The molecule has 1 aromatic heterocycles. The van der Waals surface area contributed by atoms with Crippen molar-refractivity contribution in [3.8, 4) is 11.5 Å². The maximum atomic E-state index is 13.1. The van der Waals surface area contributed by atoms with Crippen LogP contribution < -0.4 is 15.0 Å². The summed E-state index contributed by atoms with van der Waals surface area (Å²) in [6.45, 7) is 6.15. The Hall–Kier alpha value is -1.94. The Labute approximate surface area is 203 Å². The minimum atomic E-state index is -0.190. The largest absolute Gasteiger partial charge is 0.493 e. The van der Waals surface area contributed by atoms with Gasteiger partial charge in [0.1, 0.15) is 5.82 Å². The van der Waals surface area contributed by atoms with Gasteiger partial charge in [-0.15, -0.1) is 0 Å². The van der Waals surface area contributed by atoms with E-state index in [2.05, 4.69) is 62.5 Å². The molecule has 1 atom stereocenters. The van der Waals surface area contributed by atoms with Gasteiger partial charge in [0.15, 0.2) is 11.5 Å². The fourth-order valence-electron chi connectivity index (χ4n) is 3.04. The van der Waals surface area contributed by atoms with Crippen LogP contribution in [0.5, 0.6) is 11.5 Å². The number of rotatable bonds is 8. The zero-order chi connectivity index (χ0) is 22.5. The molecule has 0 aliphatic rings. The van der Waals surface area contributed by atoms with Gasteiger partial charge in [0.25, 0.3) is 5.56 Å². The third kappa shape index (κ3) is 5.46. The Balaban J connectivity index is 2.06. The lowest BCUT2D eigenvalue weighted by atomic mass is 10.2. The van der Waals surface area contributed by atoms with Crippen molar-refractivity contribution in [3.05, 3.63) is 60.1 Å². The molecule has 0 aliphatic carbocycles. The second-order valence-electron chi connectivity index (χ2n) is 7.17. The third-order valence-corrected chi connectivity index (χ3v) is 6.11. The molecule has 0 amide bonds. The molecule has 0 N–H and O–H groups in total. The fourth-order valence-corrected chi connectivity index (χ4v) is 4.15. The van der Waals surface area contributed by atoms with Crippen molar-refractivity contribution in [1.82, 2.24) is 9.66 Å². The molecule has 0 saturated heterocycles. The van der Waals surface area contributed by atoms with E-state index < -0.39 is 0 Å². The highest BCUT2D eigenvalue weighted by Gasteiger charge is 2.14. The first-order valence-electron chi connectivity index (χ1n) is 10.2. The van der Waals surface area contributed by atoms with E-state index in [9.17, 15) is 4.79 Å². The van der Waals surface area contributed by atoms with Crippen molar-refractivity contribution in [2.75, 3.05) is 7.11 Å². The van der Waals surface area contributed by atoms with Crippen molar-refractivity contribution in [2.24, 2.45) is 5.10 Å². The first-order chi connectivity index (χ1) is 14.9. The van der Waals surface area contributed by atoms with Gasteiger partial charge >= 0.3 is 0 Å². The quantitative estimate of drug-likeness (QED) is 0.244. The van der Waals surface area contributed by atoms with E-state index in [-0.39, 0.29) is 11.7 Å². The van der Waals surface area contributed by atoms with Crippen LogP contribution in [0.4, 0.5) is 0 Å². The normalized spacial score (nSPS) is 12.5. The summed E-state index contributed by atoms with van der Waals surface area (Å²) in [6, 6.07) is 9.32. The zero-order valence-corrected chi connectivity index (χ0v) is 21.7. The summed E-state index contributed by atoms with van der Waals surface area (Å²) in [7, 11) is 1.62. The molecule has 0 unspecified atom stereocenters. The number of hydrogen-bond acceptors (Lipinski definition) is 5.